The molecule has 0 aliphatic carbocycles. The van der Waals surface area contributed by atoms with Gasteiger partial charge >= 0.3 is 0 Å². The third kappa shape index (κ3) is 7.98. The highest BCUT2D eigenvalue weighted by molar-refractivity contribution is 7.80. The van der Waals surface area contributed by atoms with E-state index in [2.05, 4.69) is 59.2 Å². The highest BCUT2D eigenvalue weighted by Gasteiger charge is 2.37. The Bertz CT molecular complexity index is 313. The molecule has 22 heavy (non-hydrogen) atoms. The van der Waals surface area contributed by atoms with E-state index in [1.165, 1.54) is 7.05 Å². The molecular formula is C12H27F3N4S3. The summed E-state index contributed by atoms with van der Waals surface area (Å²) in [6, 6.07) is 0. The molecule has 0 amide bonds. The van der Waals surface area contributed by atoms with Crippen molar-refractivity contribution in [3.8, 4) is 0 Å². The predicted molar refractivity (Wildman–Crippen MR) is 96.7 cm³/mol. The molecule has 0 aromatic carbocycles. The van der Waals surface area contributed by atoms with Crippen molar-refractivity contribution in [3.63, 3.8) is 0 Å². The van der Waals surface area contributed by atoms with Crippen molar-refractivity contribution in [2.45, 2.75) is 23.8 Å². The molecule has 0 spiro atoms. The first-order valence-electron chi connectivity index (χ1n) is 6.95. The molecule has 4 nitrogen and oxygen atoms in total. The summed E-state index contributed by atoms with van der Waals surface area (Å²) in [5.41, 5.74) is 0. The molecule has 0 heterocycles. The van der Waals surface area contributed by atoms with Gasteiger partial charge in [-0.25, -0.2) is 13.2 Å². The predicted octanol–water partition coefficient (Wildman–Crippen LogP) is 0.781. The van der Waals surface area contributed by atoms with Gasteiger partial charge in [-0.2, -0.15) is 37.9 Å². The summed E-state index contributed by atoms with van der Waals surface area (Å²) in [4.78, 5) is 0. The van der Waals surface area contributed by atoms with Gasteiger partial charge in [0.05, 0.1) is 0 Å². The fraction of sp³-hybridized carbons (Fsp3) is 1.00. The number of thiol groups is 3. The van der Waals surface area contributed by atoms with Crippen LogP contribution in [0.15, 0.2) is 0 Å². The standard InChI is InChI=1S/C12H27F3N4S3/c1-16-5-12(15,9-22)19-6-10(13,3-4-20)18-7-11(14,8-21)17-2/h16-22H,3-9H2,1-2H3/t10?,11-,12-/m0/s1. The van der Waals surface area contributed by atoms with Gasteiger partial charge in [-0.05, 0) is 19.8 Å². The van der Waals surface area contributed by atoms with E-state index in [4.69, 9.17) is 0 Å². The van der Waals surface area contributed by atoms with Gasteiger partial charge < -0.3 is 5.32 Å². The van der Waals surface area contributed by atoms with Crippen molar-refractivity contribution in [1.82, 2.24) is 21.3 Å². The number of likely N-dealkylation sites (N-methyl/N-ethyl adjacent to an activating group) is 2. The zero-order valence-corrected chi connectivity index (χ0v) is 15.6. The molecule has 0 fully saturated rings. The smallest absolute Gasteiger partial charge is 0.183 e. The summed E-state index contributed by atoms with van der Waals surface area (Å²) in [5, 5.41) is 10.1. The van der Waals surface area contributed by atoms with E-state index in [1.54, 1.807) is 7.05 Å². The van der Waals surface area contributed by atoms with Crippen molar-refractivity contribution in [3.05, 3.63) is 0 Å². The largest absolute Gasteiger partial charge is 0.315 e. The summed E-state index contributed by atoms with van der Waals surface area (Å²) in [6.07, 6.45) is -0.00230. The first kappa shape index (κ1) is 22.7. The Morgan fingerprint density at radius 3 is 1.68 bits per heavy atom. The molecule has 4 N–H and O–H groups in total. The van der Waals surface area contributed by atoms with Crippen LogP contribution in [0.2, 0.25) is 0 Å². The van der Waals surface area contributed by atoms with E-state index >= 15 is 0 Å². The molecule has 0 bridgehead atoms. The lowest BCUT2D eigenvalue weighted by molar-refractivity contribution is 0.0425. The van der Waals surface area contributed by atoms with Gasteiger partial charge in [0, 0.05) is 37.6 Å². The Morgan fingerprint density at radius 1 is 0.773 bits per heavy atom. The van der Waals surface area contributed by atoms with Gasteiger partial charge in [0.15, 0.2) is 17.4 Å². The molecule has 1 unspecified atom stereocenters. The maximum atomic E-state index is 14.8. The first-order valence-corrected chi connectivity index (χ1v) is 8.84. The lowest BCUT2D eigenvalue weighted by Gasteiger charge is -2.34. The lowest BCUT2D eigenvalue weighted by Crippen LogP contribution is -2.61. The summed E-state index contributed by atoms with van der Waals surface area (Å²) >= 11 is 11.8. The van der Waals surface area contributed by atoms with Gasteiger partial charge in [0.2, 0.25) is 0 Å². The minimum atomic E-state index is -1.99. The third-order valence-corrected chi connectivity index (χ3v) is 4.51. The number of rotatable bonds is 13. The quantitative estimate of drug-likeness (QED) is 0.191. The fourth-order valence-electron chi connectivity index (χ4n) is 1.69. The number of hydrogen-bond acceptors (Lipinski definition) is 7. The minimum Gasteiger partial charge on any atom is -0.315 e. The van der Waals surface area contributed by atoms with E-state index in [1.807, 2.05) is 0 Å². The van der Waals surface area contributed by atoms with Crippen LogP contribution in [0.4, 0.5) is 13.2 Å². The van der Waals surface area contributed by atoms with Gasteiger partial charge in [0.1, 0.15) is 0 Å². The molecular weight excluding hydrogens is 353 g/mol. The second kappa shape index (κ2) is 10.5. The van der Waals surface area contributed by atoms with Crippen LogP contribution in [-0.2, 0) is 0 Å². The SMILES string of the molecule is CNC[C@@](F)(CS)NCC(F)(CCS)NC[C@@](F)(CS)NC. The maximum Gasteiger partial charge on any atom is 0.183 e. The number of nitrogens with one attached hydrogen (secondary N) is 4. The van der Waals surface area contributed by atoms with Crippen LogP contribution >= 0.6 is 37.9 Å². The van der Waals surface area contributed by atoms with Crippen molar-refractivity contribution >= 4 is 37.9 Å². The van der Waals surface area contributed by atoms with Crippen LogP contribution in [0.1, 0.15) is 6.42 Å². The van der Waals surface area contributed by atoms with Gasteiger partial charge in [0.25, 0.3) is 0 Å². The van der Waals surface area contributed by atoms with Crippen molar-refractivity contribution in [1.29, 1.82) is 0 Å². The molecule has 134 valence electrons. The minimum absolute atomic E-state index is 0.00230. The Hall–Kier alpha value is 0.680. The summed E-state index contributed by atoms with van der Waals surface area (Å²) in [7, 11) is 3.01. The summed E-state index contributed by atoms with van der Waals surface area (Å²) in [6.45, 7) is -0.655. The van der Waals surface area contributed by atoms with Gasteiger partial charge in [-0.1, -0.05) is 0 Å². The van der Waals surface area contributed by atoms with E-state index in [0.717, 1.165) is 0 Å². The van der Waals surface area contributed by atoms with Crippen molar-refractivity contribution < 1.29 is 13.2 Å². The average Bonchev–Trinajstić information content (AvgIpc) is 2.51. The van der Waals surface area contributed by atoms with Crippen molar-refractivity contribution in [2.24, 2.45) is 0 Å². The normalized spacial score (nSPS) is 20.2. The van der Waals surface area contributed by atoms with E-state index in [-0.39, 0.29) is 43.3 Å². The average molecular weight is 381 g/mol. The molecule has 10 heteroatoms. The van der Waals surface area contributed by atoms with Crippen LogP contribution in [0.5, 0.6) is 0 Å². The van der Waals surface area contributed by atoms with E-state index in [0.29, 0.717) is 0 Å². The fourth-order valence-corrected chi connectivity index (χ4v) is 2.54. The van der Waals surface area contributed by atoms with E-state index < -0.39 is 17.4 Å². The Morgan fingerprint density at radius 2 is 1.27 bits per heavy atom. The number of alkyl halides is 3. The maximum absolute atomic E-state index is 14.8. The van der Waals surface area contributed by atoms with Gasteiger partial charge in [-0.15, -0.1) is 0 Å². The lowest BCUT2D eigenvalue weighted by atomic mass is 10.1. The Balaban J connectivity index is 4.73. The van der Waals surface area contributed by atoms with Crippen molar-refractivity contribution in [2.75, 3.05) is 51.0 Å². The molecule has 0 radical (unpaired) electrons. The zero-order valence-electron chi connectivity index (χ0n) is 12.9. The summed E-state index contributed by atoms with van der Waals surface area (Å²) < 4.78 is 43.3. The van der Waals surface area contributed by atoms with E-state index in [9.17, 15) is 13.2 Å². The highest BCUT2D eigenvalue weighted by Crippen LogP contribution is 2.18. The Kier molecular flexibility index (Phi) is 10.9. The molecule has 0 aliphatic heterocycles. The third-order valence-electron chi connectivity index (χ3n) is 3.29. The van der Waals surface area contributed by atoms with Crippen LogP contribution in [0.3, 0.4) is 0 Å². The molecule has 0 saturated carbocycles. The summed E-state index contributed by atoms with van der Waals surface area (Å²) in [5.74, 6) is -5.70. The first-order chi connectivity index (χ1) is 10.2. The van der Waals surface area contributed by atoms with Crippen LogP contribution in [0, 0.1) is 0 Å². The van der Waals surface area contributed by atoms with Crippen LogP contribution in [0.25, 0.3) is 0 Å². The van der Waals surface area contributed by atoms with Crippen LogP contribution in [-0.4, -0.2) is 68.4 Å². The number of halogens is 3. The number of hydrogen-bond donors (Lipinski definition) is 7. The van der Waals surface area contributed by atoms with Crippen LogP contribution < -0.4 is 21.3 Å². The molecule has 0 rings (SSSR count). The molecule has 3 atom stereocenters. The zero-order chi connectivity index (χ0) is 17.3. The topological polar surface area (TPSA) is 48.1 Å². The highest BCUT2D eigenvalue weighted by atomic mass is 32.1. The molecule has 0 aromatic heterocycles. The Labute approximate surface area is 147 Å². The molecule has 0 saturated heterocycles. The second-order valence-corrected chi connectivity index (χ2v) is 6.25. The molecule has 0 aromatic rings. The molecule has 0 aliphatic rings. The van der Waals surface area contributed by atoms with Gasteiger partial charge in [-0.3, -0.25) is 16.0 Å². The monoisotopic (exact) mass is 380 g/mol. The second-order valence-electron chi connectivity index (χ2n) is 5.17.